The van der Waals surface area contributed by atoms with Crippen LogP contribution >= 0.6 is 11.6 Å². The van der Waals surface area contributed by atoms with Crippen LogP contribution in [0, 0.1) is 0 Å². The maximum atomic E-state index is 12.7. The summed E-state index contributed by atoms with van der Waals surface area (Å²) >= 11 is 5.77. The van der Waals surface area contributed by atoms with Gasteiger partial charge in [0, 0.05) is 11.6 Å². The van der Waals surface area contributed by atoms with Gasteiger partial charge in [-0.05, 0) is 36.4 Å². The van der Waals surface area contributed by atoms with Gasteiger partial charge in [0.25, 0.3) is 10.0 Å². The fourth-order valence-electron chi connectivity index (χ4n) is 1.91. The lowest BCUT2D eigenvalue weighted by Gasteiger charge is -2.24. The van der Waals surface area contributed by atoms with Gasteiger partial charge >= 0.3 is 5.97 Å². The molecule has 0 amide bonds. The molecule has 0 bridgehead atoms. The molecule has 0 radical (unpaired) electrons. The molecule has 0 atom stereocenters. The van der Waals surface area contributed by atoms with Crippen molar-refractivity contribution in [1.29, 1.82) is 0 Å². The van der Waals surface area contributed by atoms with Gasteiger partial charge in [0.2, 0.25) is 0 Å². The molecule has 0 unspecified atom stereocenters. The molecule has 0 heterocycles. The third kappa shape index (κ3) is 3.78. The van der Waals surface area contributed by atoms with Gasteiger partial charge in [0.15, 0.2) is 0 Å². The van der Waals surface area contributed by atoms with Crippen LogP contribution in [0.25, 0.3) is 0 Å². The third-order valence-electron chi connectivity index (χ3n) is 2.97. The Hall–Kier alpha value is -2.05. The highest BCUT2D eigenvalue weighted by molar-refractivity contribution is 7.92. The lowest BCUT2D eigenvalue weighted by Crippen LogP contribution is -2.33. The maximum Gasteiger partial charge on any atom is 0.305 e. The Kier molecular flexibility index (Phi) is 5.05. The van der Waals surface area contributed by atoms with Crippen LogP contribution in [0.15, 0.2) is 59.5 Å². The van der Waals surface area contributed by atoms with Crippen molar-refractivity contribution in [2.75, 3.05) is 10.8 Å². The van der Waals surface area contributed by atoms with Crippen molar-refractivity contribution < 1.29 is 18.3 Å². The molecule has 0 fully saturated rings. The average molecular weight is 340 g/mol. The first-order chi connectivity index (χ1) is 10.4. The van der Waals surface area contributed by atoms with Crippen molar-refractivity contribution in [2.45, 2.75) is 11.3 Å². The standard InChI is InChI=1S/C15H14ClNO4S/c16-12-6-8-14(9-7-12)22(20,21)17(11-10-15(18)19)13-4-2-1-3-5-13/h1-9H,10-11H2,(H,18,19). The zero-order chi connectivity index (χ0) is 16.2. The number of sulfonamides is 1. The van der Waals surface area contributed by atoms with Gasteiger partial charge in [0.05, 0.1) is 17.0 Å². The Balaban J connectivity index is 2.43. The number of benzene rings is 2. The molecule has 1 N–H and O–H groups in total. The third-order valence-corrected chi connectivity index (χ3v) is 5.07. The lowest BCUT2D eigenvalue weighted by molar-refractivity contribution is -0.136. The summed E-state index contributed by atoms with van der Waals surface area (Å²) in [5.74, 6) is -1.06. The van der Waals surface area contributed by atoms with Crippen LogP contribution in [-0.2, 0) is 14.8 Å². The molecule has 0 aromatic heterocycles. The van der Waals surface area contributed by atoms with Gasteiger partial charge in [-0.3, -0.25) is 9.10 Å². The number of anilines is 1. The van der Waals surface area contributed by atoms with Crippen LogP contribution in [0.5, 0.6) is 0 Å². The second kappa shape index (κ2) is 6.81. The smallest absolute Gasteiger partial charge is 0.305 e. The fraction of sp³-hybridized carbons (Fsp3) is 0.133. The van der Waals surface area contributed by atoms with E-state index in [0.29, 0.717) is 10.7 Å². The van der Waals surface area contributed by atoms with Crippen molar-refractivity contribution in [2.24, 2.45) is 0 Å². The number of aliphatic carboxylic acids is 1. The number of hydrogen-bond donors (Lipinski definition) is 1. The van der Waals surface area contributed by atoms with E-state index >= 15 is 0 Å². The summed E-state index contributed by atoms with van der Waals surface area (Å²) in [6.45, 7) is -0.149. The minimum Gasteiger partial charge on any atom is -0.481 e. The molecule has 2 rings (SSSR count). The van der Waals surface area contributed by atoms with Crippen LogP contribution in [0.1, 0.15) is 6.42 Å². The highest BCUT2D eigenvalue weighted by Crippen LogP contribution is 2.24. The summed E-state index contributed by atoms with van der Waals surface area (Å²) in [6, 6.07) is 14.1. The van der Waals surface area contributed by atoms with Crippen LogP contribution in [0.3, 0.4) is 0 Å². The summed E-state index contributed by atoms with van der Waals surface area (Å²) in [4.78, 5) is 10.9. The lowest BCUT2D eigenvalue weighted by atomic mass is 10.3. The van der Waals surface area contributed by atoms with E-state index in [4.69, 9.17) is 16.7 Å². The molecule has 7 heteroatoms. The highest BCUT2D eigenvalue weighted by atomic mass is 35.5. The number of carbonyl (C=O) groups is 1. The van der Waals surface area contributed by atoms with Crippen LogP contribution in [0.2, 0.25) is 5.02 Å². The summed E-state index contributed by atoms with van der Waals surface area (Å²) < 4.78 is 26.6. The van der Waals surface area contributed by atoms with E-state index in [2.05, 4.69) is 0 Å². The van der Waals surface area contributed by atoms with E-state index < -0.39 is 16.0 Å². The first-order valence-electron chi connectivity index (χ1n) is 6.46. The van der Waals surface area contributed by atoms with Gasteiger partial charge in [-0.1, -0.05) is 29.8 Å². The molecule has 0 saturated carbocycles. The molecule has 0 spiro atoms. The largest absolute Gasteiger partial charge is 0.481 e. The van der Waals surface area contributed by atoms with Crippen LogP contribution in [-0.4, -0.2) is 26.0 Å². The molecule has 0 aliphatic heterocycles. The molecule has 22 heavy (non-hydrogen) atoms. The fourth-order valence-corrected chi connectivity index (χ4v) is 3.50. The second-order valence-corrected chi connectivity index (χ2v) is 6.81. The van der Waals surface area contributed by atoms with Crippen LogP contribution < -0.4 is 4.31 Å². The molecule has 0 aliphatic carbocycles. The number of para-hydroxylation sites is 1. The predicted molar refractivity (Wildman–Crippen MR) is 84.7 cm³/mol. The Bertz CT molecular complexity index is 745. The van der Waals surface area contributed by atoms with Gasteiger partial charge < -0.3 is 5.11 Å². The van der Waals surface area contributed by atoms with Gasteiger partial charge in [0.1, 0.15) is 0 Å². The first-order valence-corrected chi connectivity index (χ1v) is 8.28. The van der Waals surface area contributed by atoms with Crippen molar-refractivity contribution in [3.05, 3.63) is 59.6 Å². The van der Waals surface area contributed by atoms with E-state index in [1.807, 2.05) is 0 Å². The molecule has 5 nitrogen and oxygen atoms in total. The topological polar surface area (TPSA) is 74.7 Å². The molecule has 0 saturated heterocycles. The summed E-state index contributed by atoms with van der Waals surface area (Å²) in [6.07, 6.45) is -0.290. The molecule has 2 aromatic carbocycles. The zero-order valence-electron chi connectivity index (χ0n) is 11.5. The van der Waals surface area contributed by atoms with E-state index in [-0.39, 0.29) is 17.9 Å². The van der Waals surface area contributed by atoms with Crippen molar-refractivity contribution >= 4 is 33.3 Å². The normalized spacial score (nSPS) is 11.1. The molecule has 2 aromatic rings. The van der Waals surface area contributed by atoms with Crippen molar-refractivity contribution in [1.82, 2.24) is 0 Å². The number of hydrogen-bond acceptors (Lipinski definition) is 3. The Morgan fingerprint density at radius 2 is 1.64 bits per heavy atom. The van der Waals surface area contributed by atoms with Crippen molar-refractivity contribution in [3.8, 4) is 0 Å². The Morgan fingerprint density at radius 3 is 2.18 bits per heavy atom. The number of rotatable bonds is 6. The predicted octanol–water partition coefficient (Wildman–Crippen LogP) is 3.01. The first kappa shape index (κ1) is 16.3. The van der Waals surface area contributed by atoms with E-state index in [9.17, 15) is 13.2 Å². The molecule has 116 valence electrons. The van der Waals surface area contributed by atoms with Gasteiger partial charge in [-0.15, -0.1) is 0 Å². The minimum atomic E-state index is -3.86. The summed E-state index contributed by atoms with van der Waals surface area (Å²) in [5, 5.41) is 9.27. The highest BCUT2D eigenvalue weighted by Gasteiger charge is 2.25. The Labute approximate surface area is 133 Å². The number of carboxylic acids is 1. The second-order valence-electron chi connectivity index (χ2n) is 4.51. The van der Waals surface area contributed by atoms with Gasteiger partial charge in [-0.2, -0.15) is 0 Å². The van der Waals surface area contributed by atoms with Crippen molar-refractivity contribution in [3.63, 3.8) is 0 Å². The van der Waals surface area contributed by atoms with E-state index in [1.54, 1.807) is 30.3 Å². The molecule has 0 aliphatic rings. The zero-order valence-corrected chi connectivity index (χ0v) is 13.1. The Morgan fingerprint density at radius 1 is 1.05 bits per heavy atom. The number of carboxylic acid groups (broad SMARTS) is 1. The SMILES string of the molecule is O=C(O)CCN(c1ccccc1)S(=O)(=O)c1ccc(Cl)cc1. The maximum absolute atomic E-state index is 12.7. The molecular weight excluding hydrogens is 326 g/mol. The van der Waals surface area contributed by atoms with Crippen LogP contribution in [0.4, 0.5) is 5.69 Å². The number of halogens is 1. The monoisotopic (exact) mass is 339 g/mol. The quantitative estimate of drug-likeness (QED) is 0.877. The van der Waals surface area contributed by atoms with Gasteiger partial charge in [-0.25, -0.2) is 8.42 Å². The minimum absolute atomic E-state index is 0.0612. The van der Waals surface area contributed by atoms with E-state index in [1.165, 1.54) is 24.3 Å². The summed E-state index contributed by atoms with van der Waals surface area (Å²) in [7, 11) is -3.86. The average Bonchev–Trinajstić information content (AvgIpc) is 2.48. The number of nitrogens with zero attached hydrogens (tertiary/aromatic N) is 1. The molecular formula is C15H14ClNO4S. The van der Waals surface area contributed by atoms with E-state index in [0.717, 1.165) is 4.31 Å². The summed E-state index contributed by atoms with van der Waals surface area (Å²) in [5.41, 5.74) is 0.415.